The minimum Gasteiger partial charge on any atom is -0.489 e. The van der Waals surface area contributed by atoms with Crippen LogP contribution >= 0.6 is 11.6 Å². The molecule has 10 heteroatoms. The summed E-state index contributed by atoms with van der Waals surface area (Å²) in [6, 6.07) is 3.88. The lowest BCUT2D eigenvalue weighted by Gasteiger charge is -2.36. The highest BCUT2D eigenvalue weighted by Crippen LogP contribution is 2.32. The summed E-state index contributed by atoms with van der Waals surface area (Å²) in [6.45, 7) is 7.66. The third kappa shape index (κ3) is 5.24. The predicted molar refractivity (Wildman–Crippen MR) is 130 cm³/mol. The zero-order valence-corrected chi connectivity index (χ0v) is 20.9. The Kier molecular flexibility index (Phi) is 6.98. The van der Waals surface area contributed by atoms with E-state index in [9.17, 15) is 14.0 Å². The minimum absolute atomic E-state index is 0.0130. The van der Waals surface area contributed by atoms with Gasteiger partial charge in [-0.1, -0.05) is 25.4 Å². The number of halogens is 2. The number of aromatic nitrogens is 2. The van der Waals surface area contributed by atoms with Crippen molar-refractivity contribution in [2.75, 3.05) is 13.1 Å². The first-order chi connectivity index (χ1) is 16.5. The molecule has 0 saturated heterocycles. The molecule has 1 fully saturated rings. The lowest BCUT2D eigenvalue weighted by atomic mass is 9.88. The van der Waals surface area contributed by atoms with E-state index >= 15 is 0 Å². The molecule has 2 heterocycles. The fourth-order valence-electron chi connectivity index (χ4n) is 4.11. The van der Waals surface area contributed by atoms with Gasteiger partial charge in [-0.2, -0.15) is 0 Å². The lowest BCUT2D eigenvalue weighted by Crippen LogP contribution is -2.50. The number of ether oxygens (including phenoxy) is 1. The van der Waals surface area contributed by atoms with E-state index in [2.05, 4.69) is 15.3 Å². The number of benzene rings is 1. The molecule has 0 radical (unpaired) electrons. The second kappa shape index (κ2) is 9.81. The number of aryl methyl sites for hydroxylation is 2. The molecule has 2 amide bonds. The molecule has 1 saturated carbocycles. The number of hydrogen-bond donors (Lipinski definition) is 2. The molecule has 0 unspecified atom stereocenters. The fraction of sp³-hybridized carbons (Fsp3) is 0.440. The van der Waals surface area contributed by atoms with E-state index < -0.39 is 5.82 Å². The van der Waals surface area contributed by atoms with Crippen LogP contribution in [0.4, 0.5) is 4.39 Å². The largest absolute Gasteiger partial charge is 0.489 e. The highest BCUT2D eigenvalue weighted by Gasteiger charge is 2.34. The summed E-state index contributed by atoms with van der Waals surface area (Å²) in [4.78, 5) is 35.7. The fourth-order valence-corrected chi connectivity index (χ4v) is 4.20. The van der Waals surface area contributed by atoms with Crippen molar-refractivity contribution in [3.8, 4) is 5.75 Å². The monoisotopic (exact) mass is 501 g/mol. The van der Waals surface area contributed by atoms with Gasteiger partial charge in [0, 0.05) is 42.1 Å². The van der Waals surface area contributed by atoms with Crippen LogP contribution in [0.3, 0.4) is 0 Å². The average Bonchev–Trinajstić information content (AvgIpc) is 3.16. The molecule has 1 aromatic heterocycles. The average molecular weight is 502 g/mol. The van der Waals surface area contributed by atoms with E-state index in [0.717, 1.165) is 0 Å². The number of carbonyl (C=O) groups excluding carboxylic acids is 2. The van der Waals surface area contributed by atoms with Gasteiger partial charge in [-0.05, 0) is 26.0 Å². The van der Waals surface area contributed by atoms with Gasteiger partial charge in [0.2, 0.25) is 5.91 Å². The molecule has 3 N–H and O–H groups in total. The molecule has 8 nitrogen and oxygen atoms in total. The first-order valence-corrected chi connectivity index (χ1v) is 12.0. The molecule has 1 aliphatic carbocycles. The zero-order valence-electron chi connectivity index (χ0n) is 20.2. The highest BCUT2D eigenvalue weighted by molar-refractivity contribution is 6.31. The maximum Gasteiger partial charge on any atom is 0.258 e. The second-order valence-electron chi connectivity index (χ2n) is 9.41. The number of nitrogens with two attached hydrogens (primary N) is 1. The molecule has 4 rings (SSSR count). The van der Waals surface area contributed by atoms with Crippen molar-refractivity contribution in [1.82, 2.24) is 20.2 Å². The summed E-state index contributed by atoms with van der Waals surface area (Å²) in [7, 11) is 0. The normalized spacial score (nSPS) is 19.7. The van der Waals surface area contributed by atoms with Gasteiger partial charge in [0.15, 0.2) is 5.82 Å². The Morgan fingerprint density at radius 3 is 2.49 bits per heavy atom. The van der Waals surface area contributed by atoms with Crippen LogP contribution in [0.15, 0.2) is 23.9 Å². The van der Waals surface area contributed by atoms with Crippen LogP contribution in [0, 0.1) is 25.6 Å². The van der Waals surface area contributed by atoms with E-state index in [4.69, 9.17) is 22.1 Å². The van der Waals surface area contributed by atoms with Crippen molar-refractivity contribution >= 4 is 29.0 Å². The molecular formula is C25H29ClFN5O3. The number of rotatable bonds is 6. The van der Waals surface area contributed by atoms with Gasteiger partial charge in [-0.15, -0.1) is 0 Å². The van der Waals surface area contributed by atoms with Crippen LogP contribution in [-0.4, -0.2) is 51.9 Å². The SMILES string of the molecule is Cc1nc(C2=C(N)CN(C(=O)c3ccc(F)cc3OC3CC(NC(=O)C(C)C)C3)C2)nc(C)c1Cl. The van der Waals surface area contributed by atoms with Crippen LogP contribution in [0.1, 0.15) is 54.3 Å². The Morgan fingerprint density at radius 2 is 1.86 bits per heavy atom. The summed E-state index contributed by atoms with van der Waals surface area (Å²) in [5, 5.41) is 3.45. The van der Waals surface area contributed by atoms with Crippen molar-refractivity contribution in [1.29, 1.82) is 0 Å². The highest BCUT2D eigenvalue weighted by atomic mass is 35.5. The standard InChI is InChI=1S/C25H29ClFN5O3/c1-12(2)24(33)31-16-8-17(9-16)35-21-7-15(27)5-6-18(21)25(34)32-10-19(20(28)11-32)23-29-13(3)22(26)14(4)30-23/h5-7,12,16-17H,8-11,28H2,1-4H3,(H,31,33). The Bertz CT molecular complexity index is 1190. The van der Waals surface area contributed by atoms with Gasteiger partial charge < -0.3 is 20.7 Å². The van der Waals surface area contributed by atoms with Crippen molar-refractivity contribution in [2.45, 2.75) is 52.7 Å². The van der Waals surface area contributed by atoms with Gasteiger partial charge in [0.1, 0.15) is 17.7 Å². The van der Waals surface area contributed by atoms with Gasteiger partial charge in [0.05, 0.1) is 35.1 Å². The van der Waals surface area contributed by atoms with Gasteiger partial charge >= 0.3 is 0 Å². The van der Waals surface area contributed by atoms with E-state index in [1.807, 2.05) is 13.8 Å². The molecule has 0 bridgehead atoms. The van der Waals surface area contributed by atoms with Crippen LogP contribution in [-0.2, 0) is 4.79 Å². The quantitative estimate of drug-likeness (QED) is 0.627. The molecule has 0 atom stereocenters. The second-order valence-corrected chi connectivity index (χ2v) is 9.79. The van der Waals surface area contributed by atoms with E-state index in [-0.39, 0.29) is 54.3 Å². The predicted octanol–water partition coefficient (Wildman–Crippen LogP) is 3.39. The first-order valence-electron chi connectivity index (χ1n) is 11.6. The lowest BCUT2D eigenvalue weighted by molar-refractivity contribution is -0.125. The van der Waals surface area contributed by atoms with E-state index in [1.165, 1.54) is 18.2 Å². The molecular weight excluding hydrogens is 473 g/mol. The maximum absolute atomic E-state index is 14.0. The summed E-state index contributed by atoms with van der Waals surface area (Å²) in [6.07, 6.45) is 0.973. The molecule has 0 spiro atoms. The molecule has 2 aliphatic rings. The minimum atomic E-state index is -0.499. The summed E-state index contributed by atoms with van der Waals surface area (Å²) in [5.41, 5.74) is 8.93. The Labute approximate surface area is 208 Å². The Balaban J connectivity index is 1.46. The zero-order chi connectivity index (χ0) is 25.4. The summed E-state index contributed by atoms with van der Waals surface area (Å²) < 4.78 is 20.0. The van der Waals surface area contributed by atoms with Crippen LogP contribution < -0.4 is 15.8 Å². The van der Waals surface area contributed by atoms with Crippen molar-refractivity contribution in [3.63, 3.8) is 0 Å². The number of hydrogen-bond acceptors (Lipinski definition) is 6. The molecule has 1 aliphatic heterocycles. The molecule has 186 valence electrons. The van der Waals surface area contributed by atoms with Gasteiger partial charge in [0.25, 0.3) is 5.91 Å². The maximum atomic E-state index is 14.0. The Hall–Kier alpha value is -3.20. The number of nitrogens with one attached hydrogen (secondary N) is 1. The Morgan fingerprint density at radius 1 is 1.20 bits per heavy atom. The number of nitrogens with zero attached hydrogens (tertiary/aromatic N) is 3. The summed E-state index contributed by atoms with van der Waals surface area (Å²) >= 11 is 6.19. The van der Waals surface area contributed by atoms with E-state index in [1.54, 1.807) is 18.7 Å². The van der Waals surface area contributed by atoms with Crippen molar-refractivity contribution in [2.24, 2.45) is 11.7 Å². The molecule has 35 heavy (non-hydrogen) atoms. The molecule has 1 aromatic carbocycles. The van der Waals surface area contributed by atoms with Crippen LogP contribution in [0.25, 0.3) is 5.57 Å². The van der Waals surface area contributed by atoms with Gasteiger partial charge in [-0.25, -0.2) is 14.4 Å². The number of amides is 2. The third-order valence-corrected chi connectivity index (χ3v) is 6.82. The summed E-state index contributed by atoms with van der Waals surface area (Å²) in [5.74, 6) is -0.322. The van der Waals surface area contributed by atoms with Crippen LogP contribution in [0.2, 0.25) is 5.02 Å². The van der Waals surface area contributed by atoms with Crippen molar-refractivity contribution in [3.05, 3.63) is 57.5 Å². The number of carbonyl (C=O) groups is 2. The smallest absolute Gasteiger partial charge is 0.258 e. The first kappa shape index (κ1) is 24.9. The van der Waals surface area contributed by atoms with Crippen molar-refractivity contribution < 1.29 is 18.7 Å². The van der Waals surface area contributed by atoms with Gasteiger partial charge in [-0.3, -0.25) is 9.59 Å². The topological polar surface area (TPSA) is 110 Å². The van der Waals surface area contributed by atoms with E-state index in [0.29, 0.717) is 46.3 Å². The van der Waals surface area contributed by atoms with Crippen LogP contribution in [0.5, 0.6) is 5.75 Å². The third-order valence-electron chi connectivity index (χ3n) is 6.27. The molecule has 2 aromatic rings.